The van der Waals surface area contributed by atoms with Gasteiger partial charge in [-0.2, -0.15) is 0 Å². The lowest BCUT2D eigenvalue weighted by atomic mass is 9.63. The van der Waals surface area contributed by atoms with Crippen molar-refractivity contribution in [3.05, 3.63) is 64.7 Å². The number of hydrogen-bond donors (Lipinski definition) is 0. The van der Waals surface area contributed by atoms with Crippen LogP contribution in [0.2, 0.25) is 0 Å². The molecule has 1 nitrogen and oxygen atoms in total. The van der Waals surface area contributed by atoms with Gasteiger partial charge in [-0.1, -0.05) is 90.4 Å². The van der Waals surface area contributed by atoms with Crippen LogP contribution in [-0.4, -0.2) is 0 Å². The highest BCUT2D eigenvalue weighted by Crippen LogP contribution is 2.47. The van der Waals surface area contributed by atoms with Gasteiger partial charge in [0.15, 0.2) is 0 Å². The van der Waals surface area contributed by atoms with Crippen molar-refractivity contribution in [1.29, 1.82) is 0 Å². The molecule has 0 saturated heterocycles. The minimum Gasteiger partial charge on any atom is -0.489 e. The second-order valence-corrected chi connectivity index (χ2v) is 10.6. The lowest BCUT2D eigenvalue weighted by molar-refractivity contribution is 0.150. The summed E-state index contributed by atoms with van der Waals surface area (Å²) < 4.78 is 6.06. The van der Waals surface area contributed by atoms with Gasteiger partial charge in [0.2, 0.25) is 0 Å². The predicted octanol–water partition coefficient (Wildman–Crippen LogP) is 8.08. The molecule has 0 bridgehead atoms. The Kier molecular flexibility index (Phi) is 7.02. The van der Waals surface area contributed by atoms with E-state index in [1.165, 1.54) is 28.7 Å². The Morgan fingerprint density at radius 1 is 0.857 bits per heavy atom. The first-order chi connectivity index (χ1) is 12.9. The molecular weight excluding hydrogens is 340 g/mol. The molecule has 0 fully saturated rings. The number of benzene rings is 2. The second-order valence-electron chi connectivity index (χ2n) is 10.6. The summed E-state index contributed by atoms with van der Waals surface area (Å²) in [6, 6.07) is 15.5. The van der Waals surface area contributed by atoms with Gasteiger partial charge < -0.3 is 4.74 Å². The van der Waals surface area contributed by atoms with E-state index in [-0.39, 0.29) is 5.41 Å². The maximum absolute atomic E-state index is 6.06. The zero-order valence-corrected chi connectivity index (χ0v) is 19.5. The molecule has 0 aliphatic rings. The molecule has 1 heteroatoms. The molecule has 1 unspecified atom stereocenters. The molecule has 0 aliphatic heterocycles. The van der Waals surface area contributed by atoms with Crippen molar-refractivity contribution in [2.45, 2.75) is 81.3 Å². The SMILES string of the molecule is Cc1ccc(OCc2ccc(C(CC(C)(C)C)C(C)(C)C(C)C)cc2)c(C)c1. The molecule has 0 saturated carbocycles. The van der Waals surface area contributed by atoms with E-state index in [0.717, 1.165) is 5.75 Å². The lowest BCUT2D eigenvalue weighted by Gasteiger charge is -2.41. The van der Waals surface area contributed by atoms with Crippen LogP contribution in [0.4, 0.5) is 0 Å². The van der Waals surface area contributed by atoms with Crippen LogP contribution in [0.1, 0.15) is 83.1 Å². The smallest absolute Gasteiger partial charge is 0.122 e. The third-order valence-corrected chi connectivity index (χ3v) is 6.31. The number of aryl methyl sites for hydroxylation is 2. The van der Waals surface area contributed by atoms with E-state index in [4.69, 9.17) is 4.74 Å². The molecule has 0 heterocycles. The Labute approximate surface area is 173 Å². The van der Waals surface area contributed by atoms with Crippen molar-refractivity contribution in [2.75, 3.05) is 0 Å². The molecule has 0 amide bonds. The van der Waals surface area contributed by atoms with Gasteiger partial charge in [-0.25, -0.2) is 0 Å². The van der Waals surface area contributed by atoms with E-state index in [1.807, 2.05) is 0 Å². The third-order valence-electron chi connectivity index (χ3n) is 6.31. The fourth-order valence-corrected chi connectivity index (χ4v) is 3.79. The maximum atomic E-state index is 6.06. The molecule has 154 valence electrons. The fraction of sp³-hybridized carbons (Fsp3) is 0.556. The first-order valence-corrected chi connectivity index (χ1v) is 10.7. The summed E-state index contributed by atoms with van der Waals surface area (Å²) in [5.41, 5.74) is 5.70. The maximum Gasteiger partial charge on any atom is 0.122 e. The summed E-state index contributed by atoms with van der Waals surface area (Å²) >= 11 is 0. The summed E-state index contributed by atoms with van der Waals surface area (Å²) in [4.78, 5) is 0. The number of rotatable bonds is 7. The molecule has 1 atom stereocenters. The summed E-state index contributed by atoms with van der Waals surface area (Å²) in [5.74, 6) is 2.15. The van der Waals surface area contributed by atoms with E-state index < -0.39 is 0 Å². The van der Waals surface area contributed by atoms with Crippen LogP contribution in [0, 0.1) is 30.6 Å². The van der Waals surface area contributed by atoms with E-state index in [1.54, 1.807) is 0 Å². The quantitative estimate of drug-likeness (QED) is 0.471. The van der Waals surface area contributed by atoms with Crippen molar-refractivity contribution >= 4 is 0 Å². The van der Waals surface area contributed by atoms with Crippen molar-refractivity contribution in [3.8, 4) is 5.75 Å². The summed E-state index contributed by atoms with van der Waals surface area (Å²) in [5, 5.41) is 0. The average Bonchev–Trinajstić information content (AvgIpc) is 2.58. The molecule has 2 aromatic carbocycles. The first kappa shape index (κ1) is 22.5. The standard InChI is InChI=1S/C27H40O/c1-19(2)27(8,9)24(17-26(5,6)7)23-13-11-22(12-14-23)18-28-25-15-10-20(3)16-21(25)4/h10-16,19,24H,17-18H2,1-9H3. The Hall–Kier alpha value is -1.76. The Balaban J connectivity index is 2.17. The second kappa shape index (κ2) is 8.72. The van der Waals surface area contributed by atoms with E-state index in [0.29, 0.717) is 23.9 Å². The van der Waals surface area contributed by atoms with Gasteiger partial charge in [-0.05, 0) is 65.7 Å². The predicted molar refractivity (Wildman–Crippen MR) is 122 cm³/mol. The molecule has 28 heavy (non-hydrogen) atoms. The Morgan fingerprint density at radius 3 is 1.96 bits per heavy atom. The van der Waals surface area contributed by atoms with Gasteiger partial charge in [-0.3, -0.25) is 0 Å². The fourth-order valence-electron chi connectivity index (χ4n) is 3.79. The molecule has 0 spiro atoms. The molecule has 2 aromatic rings. The summed E-state index contributed by atoms with van der Waals surface area (Å²) in [6.07, 6.45) is 1.19. The van der Waals surface area contributed by atoms with Gasteiger partial charge >= 0.3 is 0 Å². The van der Waals surface area contributed by atoms with Crippen LogP contribution in [0.15, 0.2) is 42.5 Å². The molecule has 0 N–H and O–H groups in total. The van der Waals surface area contributed by atoms with Gasteiger partial charge in [0.25, 0.3) is 0 Å². The summed E-state index contributed by atoms with van der Waals surface area (Å²) in [7, 11) is 0. The minimum atomic E-state index is 0.254. The van der Waals surface area contributed by atoms with Crippen molar-refractivity contribution in [2.24, 2.45) is 16.7 Å². The van der Waals surface area contributed by atoms with E-state index in [2.05, 4.69) is 105 Å². The zero-order valence-electron chi connectivity index (χ0n) is 19.5. The van der Waals surface area contributed by atoms with Crippen LogP contribution < -0.4 is 4.74 Å². The largest absolute Gasteiger partial charge is 0.489 e. The first-order valence-electron chi connectivity index (χ1n) is 10.7. The van der Waals surface area contributed by atoms with Crippen LogP contribution in [0.3, 0.4) is 0 Å². The molecular formula is C27H40O. The Bertz CT molecular complexity index is 760. The molecule has 0 aromatic heterocycles. The van der Waals surface area contributed by atoms with Crippen LogP contribution >= 0.6 is 0 Å². The number of ether oxygens (including phenoxy) is 1. The minimum absolute atomic E-state index is 0.254. The van der Waals surface area contributed by atoms with Crippen LogP contribution in [-0.2, 0) is 6.61 Å². The van der Waals surface area contributed by atoms with Gasteiger partial charge in [0.1, 0.15) is 12.4 Å². The molecule has 0 aliphatic carbocycles. The highest BCUT2D eigenvalue weighted by atomic mass is 16.5. The van der Waals surface area contributed by atoms with Crippen molar-refractivity contribution in [1.82, 2.24) is 0 Å². The normalized spacial score (nSPS) is 13.6. The van der Waals surface area contributed by atoms with E-state index in [9.17, 15) is 0 Å². The van der Waals surface area contributed by atoms with Gasteiger partial charge in [-0.15, -0.1) is 0 Å². The Morgan fingerprint density at radius 2 is 1.46 bits per heavy atom. The molecule has 2 rings (SSSR count). The zero-order chi connectivity index (χ0) is 21.1. The van der Waals surface area contributed by atoms with Gasteiger partial charge in [0.05, 0.1) is 0 Å². The number of hydrogen-bond acceptors (Lipinski definition) is 1. The highest BCUT2D eigenvalue weighted by molar-refractivity contribution is 5.36. The average molecular weight is 381 g/mol. The highest BCUT2D eigenvalue weighted by Gasteiger charge is 2.36. The van der Waals surface area contributed by atoms with Crippen molar-refractivity contribution in [3.63, 3.8) is 0 Å². The third kappa shape index (κ3) is 5.87. The van der Waals surface area contributed by atoms with Crippen LogP contribution in [0.25, 0.3) is 0 Å². The summed E-state index contributed by atoms with van der Waals surface area (Å²) in [6.45, 7) is 21.4. The van der Waals surface area contributed by atoms with E-state index >= 15 is 0 Å². The van der Waals surface area contributed by atoms with Crippen molar-refractivity contribution < 1.29 is 4.74 Å². The van der Waals surface area contributed by atoms with Crippen LogP contribution in [0.5, 0.6) is 5.75 Å². The monoisotopic (exact) mass is 380 g/mol. The van der Waals surface area contributed by atoms with Gasteiger partial charge in [0, 0.05) is 0 Å². The molecule has 0 radical (unpaired) electrons. The lowest BCUT2D eigenvalue weighted by Crippen LogP contribution is -2.31. The topological polar surface area (TPSA) is 9.23 Å².